The summed E-state index contributed by atoms with van der Waals surface area (Å²) < 4.78 is 6.35. The highest BCUT2D eigenvalue weighted by atomic mass is 35.5. The number of ether oxygens (including phenoxy) is 1. The lowest BCUT2D eigenvalue weighted by atomic mass is 9.99. The van der Waals surface area contributed by atoms with Gasteiger partial charge in [0.25, 0.3) is 0 Å². The average Bonchev–Trinajstić information content (AvgIpc) is 3.39. The van der Waals surface area contributed by atoms with E-state index in [-0.39, 0.29) is 11.8 Å². The first-order chi connectivity index (χ1) is 17.5. The number of benzene rings is 3. The molecule has 4 rings (SSSR count). The number of alkyl halides is 1. The SMILES string of the molecule is CCCC(C(=O)c1ccccc1)N1C=CN(C(Cl)C(OCc2ccc(Cl)cc2)c2ccc(Cl)cc2)C1. The molecule has 1 heterocycles. The quantitative estimate of drug-likeness (QED) is 0.140. The van der Waals surface area contributed by atoms with Gasteiger partial charge in [-0.25, -0.2) is 0 Å². The number of nitrogens with zero attached hydrogens (tertiary/aromatic N) is 2. The summed E-state index contributed by atoms with van der Waals surface area (Å²) in [5, 5.41) is 1.33. The minimum atomic E-state index is -0.506. The van der Waals surface area contributed by atoms with Crippen molar-refractivity contribution >= 4 is 40.6 Å². The number of carbonyl (C=O) groups excluding carboxylic acids is 1. The number of hydrogen-bond acceptors (Lipinski definition) is 4. The van der Waals surface area contributed by atoms with Crippen molar-refractivity contribution in [2.75, 3.05) is 6.67 Å². The Kier molecular flexibility index (Phi) is 9.33. The maximum absolute atomic E-state index is 13.3. The van der Waals surface area contributed by atoms with E-state index >= 15 is 0 Å². The van der Waals surface area contributed by atoms with Gasteiger partial charge < -0.3 is 14.5 Å². The summed E-state index contributed by atoms with van der Waals surface area (Å²) in [5.74, 6) is 0.114. The Balaban J connectivity index is 1.50. The molecule has 3 atom stereocenters. The van der Waals surface area contributed by atoms with Crippen molar-refractivity contribution < 1.29 is 9.53 Å². The van der Waals surface area contributed by atoms with Crippen molar-refractivity contribution in [3.63, 3.8) is 0 Å². The van der Waals surface area contributed by atoms with Crippen LogP contribution in [-0.2, 0) is 11.3 Å². The molecule has 0 aliphatic carbocycles. The molecule has 0 fully saturated rings. The molecule has 36 heavy (non-hydrogen) atoms. The lowest BCUT2D eigenvalue weighted by Gasteiger charge is -2.33. The Bertz CT molecular complexity index is 1150. The lowest BCUT2D eigenvalue weighted by molar-refractivity contribution is 0.00529. The summed E-state index contributed by atoms with van der Waals surface area (Å²) in [4.78, 5) is 17.4. The van der Waals surface area contributed by atoms with E-state index in [1.54, 1.807) is 0 Å². The second-order valence-electron chi connectivity index (χ2n) is 8.79. The smallest absolute Gasteiger partial charge is 0.185 e. The lowest BCUT2D eigenvalue weighted by Crippen LogP contribution is -2.42. The summed E-state index contributed by atoms with van der Waals surface area (Å²) in [6, 6.07) is 24.3. The minimum Gasteiger partial charge on any atom is -0.365 e. The summed E-state index contributed by atoms with van der Waals surface area (Å²) in [6.45, 7) is 2.96. The number of hydrogen-bond donors (Lipinski definition) is 0. The van der Waals surface area contributed by atoms with Crippen LogP contribution in [0.4, 0.5) is 0 Å². The molecule has 3 unspecified atom stereocenters. The van der Waals surface area contributed by atoms with E-state index in [1.807, 2.05) is 96.2 Å². The van der Waals surface area contributed by atoms with E-state index in [0.717, 1.165) is 29.5 Å². The first-order valence-electron chi connectivity index (χ1n) is 12.0. The second kappa shape index (κ2) is 12.6. The maximum atomic E-state index is 13.3. The predicted molar refractivity (Wildman–Crippen MR) is 147 cm³/mol. The van der Waals surface area contributed by atoms with Gasteiger partial charge >= 0.3 is 0 Å². The van der Waals surface area contributed by atoms with Crippen LogP contribution in [0.1, 0.15) is 47.4 Å². The van der Waals surface area contributed by atoms with E-state index in [2.05, 4.69) is 11.8 Å². The van der Waals surface area contributed by atoms with Crippen molar-refractivity contribution in [3.05, 3.63) is 118 Å². The van der Waals surface area contributed by atoms with Crippen molar-refractivity contribution in [2.45, 2.75) is 44.0 Å². The summed E-state index contributed by atoms with van der Waals surface area (Å²) in [7, 11) is 0. The number of rotatable bonds is 11. The van der Waals surface area contributed by atoms with Gasteiger partial charge in [-0.2, -0.15) is 0 Å². The highest BCUT2D eigenvalue weighted by Gasteiger charge is 2.33. The minimum absolute atomic E-state index is 0.114. The highest BCUT2D eigenvalue weighted by Crippen LogP contribution is 2.32. The molecular formula is C29H29Cl3N2O2. The molecule has 0 N–H and O–H groups in total. The molecule has 0 amide bonds. The second-order valence-corrected chi connectivity index (χ2v) is 10.1. The predicted octanol–water partition coefficient (Wildman–Crippen LogP) is 7.91. The van der Waals surface area contributed by atoms with Gasteiger partial charge in [0.2, 0.25) is 0 Å². The van der Waals surface area contributed by atoms with Crippen LogP contribution >= 0.6 is 34.8 Å². The van der Waals surface area contributed by atoms with Gasteiger partial charge in [-0.05, 0) is 41.8 Å². The molecule has 0 spiro atoms. The van der Waals surface area contributed by atoms with Gasteiger partial charge in [-0.3, -0.25) is 4.79 Å². The molecule has 188 valence electrons. The Morgan fingerprint density at radius 1 is 0.889 bits per heavy atom. The molecule has 7 heteroatoms. The fourth-order valence-corrected chi connectivity index (χ4v) is 4.86. The molecule has 0 radical (unpaired) electrons. The number of Topliss-reactive ketones (excluding diaryl/α,β-unsaturated/α-hetero) is 1. The number of halogens is 3. The van der Waals surface area contributed by atoms with Crippen LogP contribution in [0.3, 0.4) is 0 Å². The van der Waals surface area contributed by atoms with E-state index in [1.165, 1.54) is 0 Å². The third-order valence-electron chi connectivity index (χ3n) is 6.21. The number of carbonyl (C=O) groups is 1. The third-order valence-corrected chi connectivity index (χ3v) is 7.19. The Morgan fingerprint density at radius 2 is 1.50 bits per heavy atom. The Hall–Kier alpha value is -2.50. The van der Waals surface area contributed by atoms with E-state index in [4.69, 9.17) is 39.5 Å². The topological polar surface area (TPSA) is 32.8 Å². The first-order valence-corrected chi connectivity index (χ1v) is 13.2. The van der Waals surface area contributed by atoms with Crippen LogP contribution in [0.2, 0.25) is 10.0 Å². The van der Waals surface area contributed by atoms with Gasteiger partial charge in [0.15, 0.2) is 5.78 Å². The van der Waals surface area contributed by atoms with Crippen molar-refractivity contribution in [3.8, 4) is 0 Å². The molecule has 0 saturated carbocycles. The van der Waals surface area contributed by atoms with Gasteiger partial charge in [0, 0.05) is 28.0 Å². The van der Waals surface area contributed by atoms with Crippen LogP contribution in [-0.4, -0.2) is 33.8 Å². The fraction of sp³-hybridized carbons (Fsp3) is 0.276. The van der Waals surface area contributed by atoms with Gasteiger partial charge in [0.05, 0.1) is 19.3 Å². The first kappa shape index (κ1) is 26.6. The van der Waals surface area contributed by atoms with Crippen LogP contribution in [0, 0.1) is 0 Å². The van der Waals surface area contributed by atoms with Gasteiger partial charge in [0.1, 0.15) is 11.6 Å². The highest BCUT2D eigenvalue weighted by molar-refractivity contribution is 6.30. The van der Waals surface area contributed by atoms with Crippen LogP contribution in [0.15, 0.2) is 91.3 Å². The molecule has 3 aromatic carbocycles. The Morgan fingerprint density at radius 3 is 2.14 bits per heavy atom. The summed E-state index contributed by atoms with van der Waals surface area (Å²) in [6.07, 6.45) is 5.11. The fourth-order valence-electron chi connectivity index (χ4n) is 4.26. The molecule has 0 bridgehead atoms. The van der Waals surface area contributed by atoms with Crippen LogP contribution < -0.4 is 0 Å². The van der Waals surface area contributed by atoms with Crippen LogP contribution in [0.5, 0.6) is 0 Å². The van der Waals surface area contributed by atoms with Gasteiger partial charge in [-0.15, -0.1) is 0 Å². The molecule has 0 saturated heterocycles. The third kappa shape index (κ3) is 6.63. The van der Waals surface area contributed by atoms with E-state index in [9.17, 15) is 4.79 Å². The molecule has 1 aliphatic heterocycles. The molecule has 4 nitrogen and oxygen atoms in total. The van der Waals surface area contributed by atoms with Gasteiger partial charge in [-0.1, -0.05) is 103 Å². The summed E-state index contributed by atoms with van der Waals surface area (Å²) >= 11 is 19.2. The largest absolute Gasteiger partial charge is 0.365 e. The zero-order valence-electron chi connectivity index (χ0n) is 20.1. The monoisotopic (exact) mass is 542 g/mol. The average molecular weight is 544 g/mol. The zero-order chi connectivity index (χ0) is 25.5. The standard InChI is InChI=1S/C29H29Cl3N2O2/c1-2-6-26(27(35)22-7-4-3-5-8-22)33-17-18-34(20-33)29(32)28(23-11-15-25(31)16-12-23)36-19-21-9-13-24(30)14-10-21/h3-5,7-18,26,28-29H,2,6,19-20H2,1H3. The summed E-state index contributed by atoms with van der Waals surface area (Å²) in [5.41, 5.74) is 2.13. The number of ketones is 1. The van der Waals surface area contributed by atoms with Crippen molar-refractivity contribution in [1.82, 2.24) is 9.80 Å². The molecule has 3 aromatic rings. The van der Waals surface area contributed by atoms with E-state index < -0.39 is 11.6 Å². The maximum Gasteiger partial charge on any atom is 0.185 e. The van der Waals surface area contributed by atoms with Crippen molar-refractivity contribution in [1.29, 1.82) is 0 Å². The van der Waals surface area contributed by atoms with E-state index in [0.29, 0.717) is 23.3 Å². The molecular weight excluding hydrogens is 515 g/mol. The van der Waals surface area contributed by atoms with Crippen molar-refractivity contribution in [2.24, 2.45) is 0 Å². The van der Waals surface area contributed by atoms with Crippen LogP contribution in [0.25, 0.3) is 0 Å². The zero-order valence-corrected chi connectivity index (χ0v) is 22.3. The normalized spacial score (nSPS) is 15.7. The molecule has 1 aliphatic rings. The Labute approximate surface area is 228 Å². The molecule has 0 aromatic heterocycles.